The van der Waals surface area contributed by atoms with Gasteiger partial charge in [-0.25, -0.2) is 0 Å². The quantitative estimate of drug-likeness (QED) is 0.592. The molecule has 1 aliphatic heterocycles. The zero-order valence-corrected chi connectivity index (χ0v) is 15.2. The standard InChI is InChI=1S/C17H12BrN3O3S/c18-12-7-3-4-8-13(12)19-17(25)20-14(22)9-21-15(23)10-5-1-2-6-11(10)16(21)24/h1-8H,9H2,(H2,19,20,22,25). The zero-order valence-electron chi connectivity index (χ0n) is 12.8. The predicted octanol–water partition coefficient (Wildman–Crippen LogP) is 2.56. The minimum Gasteiger partial charge on any atom is -0.331 e. The van der Waals surface area contributed by atoms with Crippen molar-refractivity contribution in [2.24, 2.45) is 0 Å². The average molecular weight is 418 g/mol. The highest BCUT2D eigenvalue weighted by Gasteiger charge is 2.36. The number of benzene rings is 2. The number of anilines is 1. The van der Waals surface area contributed by atoms with E-state index in [0.29, 0.717) is 16.8 Å². The molecule has 2 N–H and O–H groups in total. The van der Waals surface area contributed by atoms with Crippen LogP contribution in [0, 0.1) is 0 Å². The molecule has 0 spiro atoms. The predicted molar refractivity (Wildman–Crippen MR) is 100 cm³/mol. The molecule has 1 heterocycles. The Morgan fingerprint density at radius 1 is 1.00 bits per heavy atom. The molecule has 0 radical (unpaired) electrons. The third kappa shape index (κ3) is 3.59. The van der Waals surface area contributed by atoms with E-state index in [2.05, 4.69) is 26.6 Å². The van der Waals surface area contributed by atoms with Gasteiger partial charge in [0.15, 0.2) is 5.11 Å². The van der Waals surface area contributed by atoms with Gasteiger partial charge in [0.25, 0.3) is 11.8 Å². The molecular weight excluding hydrogens is 406 g/mol. The Kier molecular flexibility index (Phi) is 4.91. The first kappa shape index (κ1) is 17.2. The first-order valence-corrected chi connectivity index (χ1v) is 8.48. The molecule has 0 aliphatic carbocycles. The van der Waals surface area contributed by atoms with Gasteiger partial charge in [-0.2, -0.15) is 0 Å². The molecule has 25 heavy (non-hydrogen) atoms. The largest absolute Gasteiger partial charge is 0.331 e. The van der Waals surface area contributed by atoms with Crippen LogP contribution in [0.25, 0.3) is 0 Å². The summed E-state index contributed by atoms with van der Waals surface area (Å²) in [6.45, 7) is -0.399. The lowest BCUT2D eigenvalue weighted by Gasteiger charge is -2.15. The second-order valence-corrected chi connectivity index (χ2v) is 6.49. The van der Waals surface area contributed by atoms with Gasteiger partial charge in [0.1, 0.15) is 6.54 Å². The molecule has 0 saturated carbocycles. The van der Waals surface area contributed by atoms with Crippen molar-refractivity contribution in [2.75, 3.05) is 11.9 Å². The molecular formula is C17H12BrN3O3S. The monoisotopic (exact) mass is 417 g/mol. The van der Waals surface area contributed by atoms with E-state index in [1.165, 1.54) is 0 Å². The number of halogens is 1. The molecule has 3 amide bonds. The first-order valence-electron chi connectivity index (χ1n) is 7.28. The number of rotatable bonds is 3. The van der Waals surface area contributed by atoms with Crippen LogP contribution in [-0.2, 0) is 4.79 Å². The number of hydrogen-bond donors (Lipinski definition) is 2. The second kappa shape index (κ2) is 7.12. The smallest absolute Gasteiger partial charge is 0.262 e. The molecule has 0 bridgehead atoms. The Morgan fingerprint density at radius 3 is 2.16 bits per heavy atom. The van der Waals surface area contributed by atoms with Gasteiger partial charge in [-0.1, -0.05) is 24.3 Å². The molecule has 0 fully saturated rings. The van der Waals surface area contributed by atoms with Gasteiger partial charge in [-0.15, -0.1) is 0 Å². The van der Waals surface area contributed by atoms with Crippen molar-refractivity contribution in [3.8, 4) is 0 Å². The van der Waals surface area contributed by atoms with Crippen molar-refractivity contribution in [3.05, 3.63) is 64.1 Å². The molecule has 3 rings (SSSR count). The minimum atomic E-state index is -0.556. The number of fused-ring (bicyclic) bond motifs is 1. The maximum Gasteiger partial charge on any atom is 0.262 e. The van der Waals surface area contributed by atoms with E-state index in [1.807, 2.05) is 18.2 Å². The SMILES string of the molecule is O=C(CN1C(=O)c2ccccc2C1=O)NC(=S)Nc1ccccc1Br. The van der Waals surface area contributed by atoms with E-state index in [0.717, 1.165) is 9.37 Å². The van der Waals surface area contributed by atoms with Gasteiger partial charge >= 0.3 is 0 Å². The lowest BCUT2D eigenvalue weighted by molar-refractivity contribution is -0.120. The van der Waals surface area contributed by atoms with Crippen molar-refractivity contribution in [1.29, 1.82) is 0 Å². The van der Waals surface area contributed by atoms with Crippen LogP contribution in [-0.4, -0.2) is 34.3 Å². The molecule has 0 unspecified atom stereocenters. The highest BCUT2D eigenvalue weighted by Crippen LogP contribution is 2.22. The lowest BCUT2D eigenvalue weighted by Crippen LogP contribution is -2.43. The zero-order chi connectivity index (χ0) is 18.0. The number of hydrogen-bond acceptors (Lipinski definition) is 4. The average Bonchev–Trinajstić information content (AvgIpc) is 2.82. The van der Waals surface area contributed by atoms with Crippen LogP contribution in [0.2, 0.25) is 0 Å². The van der Waals surface area contributed by atoms with E-state index >= 15 is 0 Å². The summed E-state index contributed by atoms with van der Waals surface area (Å²) in [6, 6.07) is 13.7. The highest BCUT2D eigenvalue weighted by atomic mass is 79.9. The normalized spacial score (nSPS) is 12.8. The summed E-state index contributed by atoms with van der Waals surface area (Å²) in [6.07, 6.45) is 0. The van der Waals surface area contributed by atoms with Crippen molar-refractivity contribution in [1.82, 2.24) is 10.2 Å². The van der Waals surface area contributed by atoms with Crippen molar-refractivity contribution < 1.29 is 14.4 Å². The van der Waals surface area contributed by atoms with Crippen molar-refractivity contribution in [3.63, 3.8) is 0 Å². The lowest BCUT2D eigenvalue weighted by atomic mass is 10.1. The molecule has 8 heteroatoms. The maximum absolute atomic E-state index is 12.2. The van der Waals surface area contributed by atoms with E-state index in [4.69, 9.17) is 12.2 Å². The van der Waals surface area contributed by atoms with E-state index in [-0.39, 0.29) is 5.11 Å². The Labute approximate surface area is 157 Å². The van der Waals surface area contributed by atoms with Crippen LogP contribution in [0.4, 0.5) is 5.69 Å². The fraction of sp³-hybridized carbons (Fsp3) is 0.0588. The van der Waals surface area contributed by atoms with Crippen LogP contribution in [0.3, 0.4) is 0 Å². The number of para-hydroxylation sites is 1. The van der Waals surface area contributed by atoms with Gasteiger partial charge in [0, 0.05) is 4.47 Å². The van der Waals surface area contributed by atoms with Crippen LogP contribution in [0.1, 0.15) is 20.7 Å². The number of carbonyl (C=O) groups excluding carboxylic acids is 3. The number of imide groups is 1. The first-order chi connectivity index (χ1) is 12.0. The fourth-order valence-electron chi connectivity index (χ4n) is 2.41. The molecule has 2 aromatic carbocycles. The topological polar surface area (TPSA) is 78.5 Å². The Balaban J connectivity index is 1.62. The Bertz CT molecular complexity index is 865. The fourth-order valence-corrected chi connectivity index (χ4v) is 3.02. The summed E-state index contributed by atoms with van der Waals surface area (Å²) in [7, 11) is 0. The van der Waals surface area contributed by atoms with Gasteiger partial charge in [0.05, 0.1) is 16.8 Å². The molecule has 0 atom stereocenters. The number of amides is 3. The van der Waals surface area contributed by atoms with E-state index < -0.39 is 24.3 Å². The molecule has 0 saturated heterocycles. The van der Waals surface area contributed by atoms with Crippen molar-refractivity contribution in [2.45, 2.75) is 0 Å². The highest BCUT2D eigenvalue weighted by molar-refractivity contribution is 9.10. The minimum absolute atomic E-state index is 0.0773. The number of nitrogens with one attached hydrogen (secondary N) is 2. The van der Waals surface area contributed by atoms with Gasteiger partial charge in [-0.3, -0.25) is 19.3 Å². The van der Waals surface area contributed by atoms with Gasteiger partial charge < -0.3 is 10.6 Å². The molecule has 6 nitrogen and oxygen atoms in total. The summed E-state index contributed by atoms with van der Waals surface area (Å²) >= 11 is 8.45. The molecule has 126 valence electrons. The molecule has 2 aromatic rings. The van der Waals surface area contributed by atoms with Gasteiger partial charge in [0.2, 0.25) is 5.91 Å². The Morgan fingerprint density at radius 2 is 1.56 bits per heavy atom. The van der Waals surface area contributed by atoms with Crippen LogP contribution in [0.15, 0.2) is 53.0 Å². The van der Waals surface area contributed by atoms with Crippen LogP contribution < -0.4 is 10.6 Å². The van der Waals surface area contributed by atoms with E-state index in [1.54, 1.807) is 30.3 Å². The van der Waals surface area contributed by atoms with Crippen LogP contribution in [0.5, 0.6) is 0 Å². The number of thiocarbonyl (C=S) groups is 1. The van der Waals surface area contributed by atoms with Gasteiger partial charge in [-0.05, 0) is 52.4 Å². The third-order valence-electron chi connectivity index (χ3n) is 3.55. The maximum atomic E-state index is 12.2. The molecule has 1 aliphatic rings. The van der Waals surface area contributed by atoms with Crippen molar-refractivity contribution >= 4 is 56.7 Å². The third-order valence-corrected chi connectivity index (χ3v) is 4.45. The Hall–Kier alpha value is -2.58. The molecule has 0 aromatic heterocycles. The summed E-state index contributed by atoms with van der Waals surface area (Å²) in [4.78, 5) is 37.5. The summed E-state index contributed by atoms with van der Waals surface area (Å²) in [5.41, 5.74) is 1.29. The second-order valence-electron chi connectivity index (χ2n) is 5.22. The number of nitrogens with zero attached hydrogens (tertiary/aromatic N) is 1. The van der Waals surface area contributed by atoms with E-state index in [9.17, 15) is 14.4 Å². The number of carbonyl (C=O) groups is 3. The summed E-state index contributed by atoms with van der Waals surface area (Å²) in [5, 5.41) is 5.41. The summed E-state index contributed by atoms with van der Waals surface area (Å²) in [5.74, 6) is -1.53. The van der Waals surface area contributed by atoms with Crippen LogP contribution >= 0.6 is 28.1 Å². The summed E-state index contributed by atoms with van der Waals surface area (Å²) < 4.78 is 0.784.